The van der Waals surface area contributed by atoms with Gasteiger partial charge in [-0.1, -0.05) is 23.2 Å². The van der Waals surface area contributed by atoms with E-state index in [9.17, 15) is 14.4 Å². The maximum atomic E-state index is 12.1. The van der Waals surface area contributed by atoms with E-state index in [0.717, 1.165) is 0 Å². The van der Waals surface area contributed by atoms with Gasteiger partial charge in [0.05, 0.1) is 28.8 Å². The van der Waals surface area contributed by atoms with Gasteiger partial charge in [-0.25, -0.2) is 4.98 Å². The summed E-state index contributed by atoms with van der Waals surface area (Å²) in [5.41, 5.74) is 0. The van der Waals surface area contributed by atoms with Crippen LogP contribution in [0.1, 0.15) is 12.2 Å². The fraction of sp³-hybridized carbons (Fsp3) is 0.294. The van der Waals surface area contributed by atoms with Gasteiger partial charge in [-0.05, 0) is 18.2 Å². The number of hydrogen-bond acceptors (Lipinski definition) is 6. The predicted molar refractivity (Wildman–Crippen MR) is 96.1 cm³/mol. The Morgan fingerprint density at radius 3 is 2.93 bits per heavy atom. The summed E-state index contributed by atoms with van der Waals surface area (Å²) < 4.78 is 10.2. The number of anilines is 1. The number of nitrogens with zero attached hydrogens (tertiary/aromatic N) is 2. The zero-order valence-corrected chi connectivity index (χ0v) is 15.5. The van der Waals surface area contributed by atoms with Crippen LogP contribution in [0.25, 0.3) is 0 Å². The topological polar surface area (TPSA) is 102 Å². The van der Waals surface area contributed by atoms with Crippen LogP contribution in [0, 0.1) is 5.92 Å². The van der Waals surface area contributed by atoms with Gasteiger partial charge in [0.1, 0.15) is 5.76 Å². The van der Waals surface area contributed by atoms with Crippen molar-refractivity contribution in [2.75, 3.05) is 18.5 Å². The molecule has 1 saturated heterocycles. The van der Waals surface area contributed by atoms with Crippen LogP contribution in [0.2, 0.25) is 10.0 Å². The molecule has 0 saturated carbocycles. The quantitative estimate of drug-likeness (QED) is 0.732. The highest BCUT2D eigenvalue weighted by molar-refractivity contribution is 6.36. The lowest BCUT2D eigenvalue weighted by atomic mass is 10.1. The first-order valence-electron chi connectivity index (χ1n) is 8.00. The number of aromatic nitrogens is 1. The normalized spacial score (nSPS) is 16.4. The molecule has 10 heteroatoms. The van der Waals surface area contributed by atoms with Gasteiger partial charge in [-0.3, -0.25) is 14.4 Å². The summed E-state index contributed by atoms with van der Waals surface area (Å²) in [4.78, 5) is 41.5. The molecule has 1 fully saturated rings. The number of nitrogens with one attached hydrogen (secondary N) is 1. The highest BCUT2D eigenvalue weighted by Crippen LogP contribution is 2.23. The van der Waals surface area contributed by atoms with Gasteiger partial charge in [0, 0.05) is 19.2 Å². The van der Waals surface area contributed by atoms with Crippen molar-refractivity contribution in [3.8, 4) is 0 Å². The molecule has 0 aliphatic carbocycles. The zero-order valence-electron chi connectivity index (χ0n) is 14.0. The summed E-state index contributed by atoms with van der Waals surface area (Å²) in [6, 6.07) is 4.90. The van der Waals surface area contributed by atoms with Crippen LogP contribution in [-0.4, -0.2) is 40.8 Å². The number of ether oxygens (including phenoxy) is 1. The highest BCUT2D eigenvalue weighted by atomic mass is 35.5. The van der Waals surface area contributed by atoms with Gasteiger partial charge < -0.3 is 19.4 Å². The molecule has 1 aliphatic heterocycles. The second-order valence-electron chi connectivity index (χ2n) is 5.89. The monoisotopic (exact) mass is 411 g/mol. The second kappa shape index (κ2) is 8.41. The van der Waals surface area contributed by atoms with E-state index in [-0.39, 0.29) is 36.3 Å². The van der Waals surface area contributed by atoms with E-state index in [1.54, 1.807) is 12.1 Å². The van der Waals surface area contributed by atoms with E-state index >= 15 is 0 Å². The summed E-state index contributed by atoms with van der Waals surface area (Å²) in [6.45, 7) is -0.0102. The van der Waals surface area contributed by atoms with Gasteiger partial charge in [0.2, 0.25) is 5.91 Å². The Morgan fingerprint density at radius 2 is 2.22 bits per heavy atom. The van der Waals surface area contributed by atoms with Crippen LogP contribution >= 0.6 is 23.2 Å². The van der Waals surface area contributed by atoms with E-state index in [4.69, 9.17) is 32.4 Å². The molecule has 0 radical (unpaired) electrons. The van der Waals surface area contributed by atoms with Gasteiger partial charge in [0.15, 0.2) is 12.4 Å². The molecule has 2 aromatic rings. The molecule has 3 heterocycles. The maximum Gasteiger partial charge on any atom is 0.311 e. The average molecular weight is 412 g/mol. The number of amides is 2. The number of furan rings is 1. The van der Waals surface area contributed by atoms with E-state index in [1.807, 2.05) is 0 Å². The Hall–Kier alpha value is -2.58. The number of esters is 1. The number of carbonyl (C=O) groups excluding carboxylic acids is 3. The molecule has 142 valence electrons. The van der Waals surface area contributed by atoms with Crippen molar-refractivity contribution in [2.24, 2.45) is 5.92 Å². The third kappa shape index (κ3) is 4.99. The standard InChI is InChI=1S/C17H15Cl2N3O5/c18-11-5-13(19)16(20-6-11)21-14(23)9-27-17(25)10-4-15(24)22(7-10)8-12-2-1-3-26-12/h1-3,5-6,10H,4,7-9H2,(H,20,21,23)/t10-/m0/s1. The van der Waals surface area contributed by atoms with Crippen molar-refractivity contribution in [3.63, 3.8) is 0 Å². The van der Waals surface area contributed by atoms with Crippen LogP contribution in [0.15, 0.2) is 35.1 Å². The van der Waals surface area contributed by atoms with Crippen molar-refractivity contribution in [2.45, 2.75) is 13.0 Å². The average Bonchev–Trinajstić information content (AvgIpc) is 3.26. The third-order valence-corrected chi connectivity index (χ3v) is 4.38. The number of likely N-dealkylation sites (tertiary alicyclic amines) is 1. The van der Waals surface area contributed by atoms with E-state index in [2.05, 4.69) is 10.3 Å². The van der Waals surface area contributed by atoms with Crippen LogP contribution in [0.5, 0.6) is 0 Å². The minimum atomic E-state index is -0.627. The van der Waals surface area contributed by atoms with E-state index in [1.165, 1.54) is 23.4 Å². The molecule has 1 N–H and O–H groups in total. The van der Waals surface area contributed by atoms with E-state index < -0.39 is 24.4 Å². The first-order valence-corrected chi connectivity index (χ1v) is 8.75. The molecule has 2 amide bonds. The van der Waals surface area contributed by atoms with Crippen molar-refractivity contribution in [1.29, 1.82) is 0 Å². The number of carbonyl (C=O) groups is 3. The molecule has 1 atom stereocenters. The number of halogens is 2. The summed E-state index contributed by atoms with van der Waals surface area (Å²) >= 11 is 11.6. The van der Waals surface area contributed by atoms with E-state index in [0.29, 0.717) is 10.8 Å². The molecule has 0 spiro atoms. The molecular weight excluding hydrogens is 397 g/mol. The van der Waals surface area contributed by atoms with Crippen LogP contribution in [0.4, 0.5) is 5.82 Å². The zero-order chi connectivity index (χ0) is 19.4. The predicted octanol–water partition coefficient (Wildman–Crippen LogP) is 2.51. The SMILES string of the molecule is O=C(COC(=O)[C@H]1CC(=O)N(Cc2ccco2)C1)Nc1ncc(Cl)cc1Cl. The molecule has 0 bridgehead atoms. The minimum absolute atomic E-state index is 0.0335. The van der Waals surface area contributed by atoms with Gasteiger partial charge in [-0.2, -0.15) is 0 Å². The van der Waals surface area contributed by atoms with Crippen LogP contribution < -0.4 is 5.32 Å². The maximum absolute atomic E-state index is 12.1. The van der Waals surface area contributed by atoms with Gasteiger partial charge in [-0.15, -0.1) is 0 Å². The fourth-order valence-corrected chi connectivity index (χ4v) is 3.03. The molecule has 8 nitrogen and oxygen atoms in total. The summed E-state index contributed by atoms with van der Waals surface area (Å²) in [6.07, 6.45) is 2.88. The van der Waals surface area contributed by atoms with Crippen LogP contribution in [-0.2, 0) is 25.7 Å². The summed E-state index contributed by atoms with van der Waals surface area (Å²) in [5.74, 6) is -1.27. The van der Waals surface area contributed by atoms with Crippen LogP contribution in [0.3, 0.4) is 0 Å². The molecular formula is C17H15Cl2N3O5. The molecule has 1 aliphatic rings. The molecule has 0 unspecified atom stereocenters. The van der Waals surface area contributed by atoms with Crippen molar-refractivity contribution in [3.05, 3.63) is 46.5 Å². The Kier molecular flexibility index (Phi) is 5.98. The van der Waals surface area contributed by atoms with Crippen molar-refractivity contribution < 1.29 is 23.5 Å². The second-order valence-corrected chi connectivity index (χ2v) is 6.74. The molecule has 2 aromatic heterocycles. The fourth-order valence-electron chi connectivity index (χ4n) is 2.60. The van der Waals surface area contributed by atoms with Gasteiger partial charge >= 0.3 is 5.97 Å². The number of pyridine rings is 1. The summed E-state index contributed by atoms with van der Waals surface area (Å²) in [5, 5.41) is 2.92. The Bertz CT molecular complexity index is 856. The third-order valence-electron chi connectivity index (χ3n) is 3.89. The van der Waals surface area contributed by atoms with Crippen molar-refractivity contribution in [1.82, 2.24) is 9.88 Å². The number of hydrogen-bond donors (Lipinski definition) is 1. The number of rotatable bonds is 6. The lowest BCUT2D eigenvalue weighted by molar-refractivity contribution is -0.151. The minimum Gasteiger partial charge on any atom is -0.467 e. The lowest BCUT2D eigenvalue weighted by Gasteiger charge is -2.14. The highest BCUT2D eigenvalue weighted by Gasteiger charge is 2.35. The molecule has 0 aromatic carbocycles. The Morgan fingerprint density at radius 1 is 1.41 bits per heavy atom. The first kappa shape index (κ1) is 19.2. The molecule has 3 rings (SSSR count). The smallest absolute Gasteiger partial charge is 0.311 e. The molecule has 27 heavy (non-hydrogen) atoms. The Balaban J connectivity index is 1.47. The van der Waals surface area contributed by atoms with Gasteiger partial charge in [0.25, 0.3) is 5.91 Å². The Labute approximate surface area is 164 Å². The van der Waals surface area contributed by atoms with Crippen molar-refractivity contribution >= 4 is 46.8 Å². The summed E-state index contributed by atoms with van der Waals surface area (Å²) in [7, 11) is 0. The first-order chi connectivity index (χ1) is 12.9. The largest absolute Gasteiger partial charge is 0.467 e. The lowest BCUT2D eigenvalue weighted by Crippen LogP contribution is -2.28.